The van der Waals surface area contributed by atoms with Crippen molar-refractivity contribution in [2.24, 2.45) is 0 Å². The van der Waals surface area contributed by atoms with Gasteiger partial charge in [0.25, 0.3) is 5.91 Å². The first-order chi connectivity index (χ1) is 9.52. The number of nitrogens with zero attached hydrogens (tertiary/aromatic N) is 3. The van der Waals surface area contributed by atoms with Gasteiger partial charge in [-0.2, -0.15) is 16.7 Å². The van der Waals surface area contributed by atoms with Crippen LogP contribution in [0.25, 0.3) is 0 Å². The number of carbonyl (C=O) groups is 2. The zero-order valence-corrected chi connectivity index (χ0v) is 12.2. The van der Waals surface area contributed by atoms with Crippen molar-refractivity contribution in [2.75, 3.05) is 11.5 Å². The third-order valence-electron chi connectivity index (χ3n) is 3.56. The van der Waals surface area contributed by atoms with Gasteiger partial charge in [0, 0.05) is 11.7 Å². The lowest BCUT2D eigenvalue weighted by Gasteiger charge is -2.18. The molecule has 1 aromatic rings. The van der Waals surface area contributed by atoms with Gasteiger partial charge < -0.3 is 9.84 Å². The molecule has 0 aromatic carbocycles. The Morgan fingerprint density at radius 2 is 2.30 bits per heavy atom. The van der Waals surface area contributed by atoms with E-state index in [4.69, 9.17) is 4.52 Å². The summed E-state index contributed by atoms with van der Waals surface area (Å²) >= 11 is 1.68. The minimum absolute atomic E-state index is 0.0385. The molecular weight excluding hydrogens is 280 g/mol. The van der Waals surface area contributed by atoms with Gasteiger partial charge in [0.05, 0.1) is 0 Å². The largest absolute Gasteiger partial charge is 0.337 e. The van der Waals surface area contributed by atoms with E-state index in [2.05, 4.69) is 15.5 Å². The second kappa shape index (κ2) is 4.76. The Hall–Kier alpha value is -1.57. The van der Waals surface area contributed by atoms with Crippen molar-refractivity contribution in [3.63, 3.8) is 0 Å². The van der Waals surface area contributed by atoms with Gasteiger partial charge in [-0.05, 0) is 12.2 Å². The van der Waals surface area contributed by atoms with Crippen molar-refractivity contribution in [3.8, 4) is 0 Å². The van der Waals surface area contributed by atoms with Crippen LogP contribution in [0.2, 0.25) is 0 Å². The molecule has 0 radical (unpaired) electrons. The molecule has 0 bridgehead atoms. The van der Waals surface area contributed by atoms with Gasteiger partial charge in [-0.25, -0.2) is 4.79 Å². The summed E-state index contributed by atoms with van der Waals surface area (Å²) in [5.74, 6) is 2.36. The molecule has 108 valence electrons. The average Bonchev–Trinajstić information content (AvgIpc) is 3.08. The molecule has 3 rings (SSSR count). The van der Waals surface area contributed by atoms with E-state index in [0.717, 1.165) is 5.75 Å². The second-order valence-electron chi connectivity index (χ2n) is 5.41. The van der Waals surface area contributed by atoms with Crippen LogP contribution in [0.15, 0.2) is 4.52 Å². The molecule has 1 atom stereocenters. The van der Waals surface area contributed by atoms with E-state index >= 15 is 0 Å². The number of carbonyl (C=O) groups excluding carboxylic acids is 2. The molecular formula is C12H16N4O3S. The van der Waals surface area contributed by atoms with E-state index in [1.807, 2.05) is 13.8 Å². The van der Waals surface area contributed by atoms with Gasteiger partial charge in [0.1, 0.15) is 12.1 Å². The smallest absolute Gasteiger partial charge is 0.325 e. The lowest BCUT2D eigenvalue weighted by Crippen LogP contribution is -2.46. The van der Waals surface area contributed by atoms with Crippen LogP contribution in [0, 0.1) is 0 Å². The van der Waals surface area contributed by atoms with E-state index in [-0.39, 0.29) is 24.4 Å². The fraction of sp³-hybridized carbons (Fsp3) is 0.667. The molecule has 0 unspecified atom stereocenters. The molecule has 7 nitrogen and oxygen atoms in total. The highest BCUT2D eigenvalue weighted by atomic mass is 32.2. The first-order valence-corrected chi connectivity index (χ1v) is 7.72. The Morgan fingerprint density at radius 3 is 2.90 bits per heavy atom. The Kier molecular flexibility index (Phi) is 3.19. The fourth-order valence-electron chi connectivity index (χ4n) is 2.35. The Labute approximate surface area is 120 Å². The molecule has 1 N–H and O–H groups in total. The first-order valence-electron chi connectivity index (χ1n) is 6.56. The zero-order chi connectivity index (χ0) is 14.3. The summed E-state index contributed by atoms with van der Waals surface area (Å²) < 4.78 is 5.10. The Morgan fingerprint density at radius 1 is 1.50 bits per heavy atom. The van der Waals surface area contributed by atoms with Crippen LogP contribution in [0.3, 0.4) is 0 Å². The van der Waals surface area contributed by atoms with Crippen molar-refractivity contribution in [1.82, 2.24) is 20.4 Å². The molecule has 2 saturated heterocycles. The van der Waals surface area contributed by atoms with Crippen molar-refractivity contribution >= 4 is 23.7 Å². The van der Waals surface area contributed by atoms with Gasteiger partial charge in [0.15, 0.2) is 5.82 Å². The second-order valence-corrected chi connectivity index (χ2v) is 6.51. The molecule has 1 aromatic heterocycles. The zero-order valence-electron chi connectivity index (χ0n) is 11.4. The van der Waals surface area contributed by atoms with Crippen molar-refractivity contribution in [3.05, 3.63) is 11.7 Å². The van der Waals surface area contributed by atoms with Gasteiger partial charge in [-0.3, -0.25) is 9.69 Å². The number of aromatic nitrogens is 2. The van der Waals surface area contributed by atoms with Gasteiger partial charge in [0.2, 0.25) is 5.89 Å². The van der Waals surface area contributed by atoms with Crippen LogP contribution in [0.1, 0.15) is 37.9 Å². The van der Waals surface area contributed by atoms with Crippen LogP contribution >= 0.6 is 11.8 Å². The maximum absolute atomic E-state index is 12.4. The van der Waals surface area contributed by atoms with Crippen molar-refractivity contribution in [2.45, 2.75) is 38.3 Å². The molecule has 1 spiro atoms. The van der Waals surface area contributed by atoms with Crippen LogP contribution < -0.4 is 5.32 Å². The van der Waals surface area contributed by atoms with E-state index in [1.165, 1.54) is 4.90 Å². The van der Waals surface area contributed by atoms with E-state index in [0.29, 0.717) is 23.9 Å². The normalized spacial score (nSPS) is 26.1. The van der Waals surface area contributed by atoms with Crippen LogP contribution in [-0.2, 0) is 11.3 Å². The molecule has 0 aliphatic carbocycles. The number of hydrogen-bond acceptors (Lipinski definition) is 6. The highest BCUT2D eigenvalue weighted by molar-refractivity contribution is 7.99. The molecule has 2 aliphatic heterocycles. The minimum Gasteiger partial charge on any atom is -0.337 e. The standard InChI is InChI=1S/C12H16N4O3S/c1-7(2)9-13-8(19-15-9)5-16-10(17)12(14-11(16)18)3-4-20-6-12/h7H,3-6H2,1-2H3,(H,14,18)/t12-/m1/s1. The SMILES string of the molecule is CC(C)c1noc(CN2C(=O)N[C@@]3(CCSC3)C2=O)n1. The molecule has 2 fully saturated rings. The monoisotopic (exact) mass is 296 g/mol. The molecule has 3 amide bonds. The van der Waals surface area contributed by atoms with Crippen LogP contribution in [-0.4, -0.2) is 44.0 Å². The van der Waals surface area contributed by atoms with Gasteiger partial charge >= 0.3 is 6.03 Å². The summed E-state index contributed by atoms with van der Waals surface area (Å²) in [6.45, 7) is 3.94. The maximum Gasteiger partial charge on any atom is 0.325 e. The van der Waals surface area contributed by atoms with E-state index in [1.54, 1.807) is 11.8 Å². The van der Waals surface area contributed by atoms with E-state index in [9.17, 15) is 9.59 Å². The number of thioether (sulfide) groups is 1. The predicted molar refractivity (Wildman–Crippen MR) is 72.1 cm³/mol. The van der Waals surface area contributed by atoms with Crippen molar-refractivity contribution < 1.29 is 14.1 Å². The lowest BCUT2D eigenvalue weighted by molar-refractivity contribution is -0.131. The quantitative estimate of drug-likeness (QED) is 0.841. The summed E-state index contributed by atoms with van der Waals surface area (Å²) in [7, 11) is 0. The molecule has 8 heteroatoms. The summed E-state index contributed by atoms with van der Waals surface area (Å²) in [6, 6.07) is -0.373. The summed E-state index contributed by atoms with van der Waals surface area (Å²) in [5.41, 5.74) is -0.720. The number of urea groups is 1. The number of amides is 3. The maximum atomic E-state index is 12.4. The fourth-order valence-corrected chi connectivity index (χ4v) is 3.68. The summed E-state index contributed by atoms with van der Waals surface area (Å²) in [5, 5.41) is 6.64. The Balaban J connectivity index is 1.76. The molecule has 2 aliphatic rings. The van der Waals surface area contributed by atoms with E-state index < -0.39 is 5.54 Å². The Bertz CT molecular complexity index is 551. The summed E-state index contributed by atoms with van der Waals surface area (Å²) in [6.07, 6.45) is 0.680. The molecule has 3 heterocycles. The van der Waals surface area contributed by atoms with Gasteiger partial charge in [-0.15, -0.1) is 0 Å². The third kappa shape index (κ3) is 2.07. The summed E-state index contributed by atoms with van der Waals surface area (Å²) in [4.78, 5) is 29.8. The topological polar surface area (TPSA) is 88.3 Å². The molecule has 20 heavy (non-hydrogen) atoms. The number of rotatable bonds is 3. The average molecular weight is 296 g/mol. The molecule has 0 saturated carbocycles. The lowest BCUT2D eigenvalue weighted by atomic mass is 9.99. The third-order valence-corrected chi connectivity index (χ3v) is 4.75. The predicted octanol–water partition coefficient (Wildman–Crippen LogP) is 1.12. The highest BCUT2D eigenvalue weighted by Gasteiger charge is 2.53. The number of nitrogens with one attached hydrogen (secondary N) is 1. The van der Waals surface area contributed by atoms with Crippen LogP contribution in [0.5, 0.6) is 0 Å². The number of hydrogen-bond donors (Lipinski definition) is 1. The number of imide groups is 1. The highest BCUT2D eigenvalue weighted by Crippen LogP contribution is 2.33. The first kappa shape index (κ1) is 13.4. The minimum atomic E-state index is -0.720. The van der Waals surface area contributed by atoms with Crippen molar-refractivity contribution in [1.29, 1.82) is 0 Å². The van der Waals surface area contributed by atoms with Crippen LogP contribution in [0.4, 0.5) is 4.79 Å². The van der Waals surface area contributed by atoms with Gasteiger partial charge in [-0.1, -0.05) is 19.0 Å².